The fourth-order valence-electron chi connectivity index (χ4n) is 4.03. The second-order valence-electron chi connectivity index (χ2n) is 8.96. The molecule has 3 heterocycles. The van der Waals surface area contributed by atoms with E-state index in [4.69, 9.17) is 9.72 Å². The Labute approximate surface area is 170 Å². The van der Waals surface area contributed by atoms with Gasteiger partial charge < -0.3 is 9.64 Å². The minimum Gasteiger partial charge on any atom is -0.490 e. The number of hydrogen-bond donors (Lipinski definition) is 0. The van der Waals surface area contributed by atoms with Gasteiger partial charge in [0.2, 0.25) is 11.4 Å². The van der Waals surface area contributed by atoms with Crippen LogP contribution in [-0.2, 0) is 6.42 Å². The van der Waals surface area contributed by atoms with E-state index in [1.165, 1.54) is 5.56 Å². The number of benzene rings is 1. The topological polar surface area (TPSA) is 55.5 Å². The van der Waals surface area contributed by atoms with Crippen LogP contribution in [0.25, 0.3) is 5.65 Å². The minimum absolute atomic E-state index is 0.108. The van der Waals surface area contributed by atoms with Crippen molar-refractivity contribution in [1.82, 2.24) is 19.6 Å². The van der Waals surface area contributed by atoms with Crippen molar-refractivity contribution in [3.63, 3.8) is 0 Å². The van der Waals surface area contributed by atoms with Crippen LogP contribution in [0.3, 0.4) is 0 Å². The summed E-state index contributed by atoms with van der Waals surface area (Å²) in [4.78, 5) is 6.95. The van der Waals surface area contributed by atoms with E-state index < -0.39 is 0 Å². The van der Waals surface area contributed by atoms with Crippen molar-refractivity contribution in [3.05, 3.63) is 47.8 Å². The van der Waals surface area contributed by atoms with Crippen LogP contribution >= 0.6 is 0 Å². The lowest BCUT2D eigenvalue weighted by Gasteiger charge is -2.33. The van der Waals surface area contributed by atoms with Crippen molar-refractivity contribution in [2.75, 3.05) is 25.1 Å². The summed E-state index contributed by atoms with van der Waals surface area (Å²) in [6.45, 7) is 8.27. The van der Waals surface area contributed by atoms with E-state index >= 15 is 0 Å². The molecule has 0 spiro atoms. The highest BCUT2D eigenvalue weighted by Gasteiger charge is 2.26. The van der Waals surface area contributed by atoms with Crippen LogP contribution in [0, 0.1) is 11.2 Å². The van der Waals surface area contributed by atoms with Crippen molar-refractivity contribution < 1.29 is 9.13 Å². The summed E-state index contributed by atoms with van der Waals surface area (Å²) < 4.78 is 20.8. The molecule has 29 heavy (non-hydrogen) atoms. The van der Waals surface area contributed by atoms with Crippen LogP contribution in [0.15, 0.2) is 30.6 Å². The van der Waals surface area contributed by atoms with E-state index in [0.29, 0.717) is 17.3 Å². The molecule has 2 aromatic heterocycles. The molecule has 4 rings (SSSR count). The zero-order valence-electron chi connectivity index (χ0n) is 17.5. The first-order chi connectivity index (χ1) is 13.9. The molecule has 0 aliphatic carbocycles. The fourth-order valence-corrected chi connectivity index (χ4v) is 4.03. The molecule has 0 radical (unpaired) electrons. The second-order valence-corrected chi connectivity index (χ2v) is 8.96. The summed E-state index contributed by atoms with van der Waals surface area (Å²) in [5.41, 5.74) is 2.01. The number of fused-ring (bicyclic) bond motifs is 1. The van der Waals surface area contributed by atoms with Gasteiger partial charge in [0.05, 0.1) is 7.11 Å². The Morgan fingerprint density at radius 1 is 1.10 bits per heavy atom. The fraction of sp³-hybridized carbons (Fsp3) is 0.500. The Kier molecular flexibility index (Phi) is 5.15. The van der Waals surface area contributed by atoms with Crippen LogP contribution in [0.5, 0.6) is 5.75 Å². The molecule has 0 unspecified atom stereocenters. The van der Waals surface area contributed by atoms with E-state index in [1.807, 2.05) is 16.5 Å². The number of aromatic nitrogens is 4. The van der Waals surface area contributed by atoms with Gasteiger partial charge in [-0.15, -0.1) is 10.2 Å². The highest BCUT2D eigenvalue weighted by molar-refractivity contribution is 5.67. The Hall–Kier alpha value is -2.70. The molecule has 7 heteroatoms. The molecule has 1 fully saturated rings. The molecular formula is C22H28FN5O. The Bertz CT molecular complexity index is 985. The number of hydrogen-bond acceptors (Lipinski definition) is 5. The van der Waals surface area contributed by atoms with E-state index in [1.54, 1.807) is 25.6 Å². The first-order valence-corrected chi connectivity index (χ1v) is 10.1. The van der Waals surface area contributed by atoms with Crippen LogP contribution in [0.2, 0.25) is 0 Å². The van der Waals surface area contributed by atoms with E-state index in [9.17, 15) is 4.39 Å². The highest BCUT2D eigenvalue weighted by atomic mass is 19.1. The van der Waals surface area contributed by atoms with Crippen LogP contribution in [0.1, 0.15) is 50.9 Å². The summed E-state index contributed by atoms with van der Waals surface area (Å²) in [5, 5.41) is 8.76. The lowest BCUT2D eigenvalue weighted by Crippen LogP contribution is -2.34. The van der Waals surface area contributed by atoms with Gasteiger partial charge in [0.25, 0.3) is 0 Å². The standard InChI is InChI=1S/C22H28FN5O/c1-22(2,3)13-18-25-26-21-19(29-4)20(24-14-28(18)21)27-11-9-16(10-12-27)15-5-7-17(23)8-6-15/h5-8,14,16H,9-13H2,1-4H3. The molecule has 1 saturated heterocycles. The third-order valence-corrected chi connectivity index (χ3v) is 5.50. The zero-order valence-corrected chi connectivity index (χ0v) is 17.5. The van der Waals surface area contributed by atoms with Crippen molar-refractivity contribution >= 4 is 11.5 Å². The molecule has 0 saturated carbocycles. The Morgan fingerprint density at radius 2 is 1.79 bits per heavy atom. The maximum Gasteiger partial charge on any atom is 0.208 e. The number of methoxy groups -OCH3 is 1. The van der Waals surface area contributed by atoms with Crippen LogP contribution in [-0.4, -0.2) is 39.8 Å². The average molecular weight is 397 g/mol. The molecule has 0 bridgehead atoms. The number of nitrogens with zero attached hydrogens (tertiary/aromatic N) is 5. The van der Waals surface area contributed by atoms with Gasteiger partial charge in [-0.1, -0.05) is 32.9 Å². The molecule has 154 valence electrons. The Morgan fingerprint density at radius 3 is 2.41 bits per heavy atom. The molecule has 0 N–H and O–H groups in total. The van der Waals surface area contributed by atoms with E-state index in [-0.39, 0.29) is 11.2 Å². The smallest absolute Gasteiger partial charge is 0.208 e. The first kappa shape index (κ1) is 19.6. The van der Waals surface area contributed by atoms with Gasteiger partial charge in [0.15, 0.2) is 5.82 Å². The summed E-state index contributed by atoms with van der Waals surface area (Å²) in [6, 6.07) is 6.88. The molecule has 6 nitrogen and oxygen atoms in total. The van der Waals surface area contributed by atoms with Gasteiger partial charge in [-0.05, 0) is 41.9 Å². The van der Waals surface area contributed by atoms with Gasteiger partial charge in [-0.2, -0.15) is 0 Å². The summed E-state index contributed by atoms with van der Waals surface area (Å²) in [7, 11) is 1.66. The largest absolute Gasteiger partial charge is 0.490 e. The third-order valence-electron chi connectivity index (χ3n) is 5.50. The first-order valence-electron chi connectivity index (χ1n) is 10.1. The molecule has 1 aromatic carbocycles. The van der Waals surface area contributed by atoms with Gasteiger partial charge in [0.1, 0.15) is 18.0 Å². The number of rotatable bonds is 4. The zero-order chi connectivity index (χ0) is 20.6. The monoisotopic (exact) mass is 397 g/mol. The van der Waals surface area contributed by atoms with Crippen LogP contribution in [0.4, 0.5) is 10.2 Å². The lowest BCUT2D eigenvalue weighted by atomic mass is 9.89. The number of piperidine rings is 1. The van der Waals surface area contributed by atoms with Gasteiger partial charge in [-0.25, -0.2) is 9.37 Å². The molecule has 1 aliphatic rings. The highest BCUT2D eigenvalue weighted by Crippen LogP contribution is 2.35. The van der Waals surface area contributed by atoms with Gasteiger partial charge >= 0.3 is 0 Å². The minimum atomic E-state index is -0.187. The van der Waals surface area contributed by atoms with Gasteiger partial charge in [-0.3, -0.25) is 4.40 Å². The third kappa shape index (κ3) is 4.04. The maximum absolute atomic E-state index is 13.2. The predicted octanol–water partition coefficient (Wildman–Crippen LogP) is 4.24. The van der Waals surface area contributed by atoms with Crippen LogP contribution < -0.4 is 9.64 Å². The predicted molar refractivity (Wildman–Crippen MR) is 111 cm³/mol. The second kappa shape index (κ2) is 7.61. The maximum atomic E-state index is 13.2. The quantitative estimate of drug-likeness (QED) is 0.659. The van der Waals surface area contributed by atoms with E-state index in [0.717, 1.165) is 44.0 Å². The number of ether oxygens (including phenoxy) is 1. The molecular weight excluding hydrogens is 369 g/mol. The number of halogens is 1. The van der Waals surface area contributed by atoms with E-state index in [2.05, 4.69) is 35.9 Å². The molecule has 1 aliphatic heterocycles. The summed E-state index contributed by atoms with van der Waals surface area (Å²) in [5.74, 6) is 2.62. The normalized spacial score (nSPS) is 15.8. The van der Waals surface area contributed by atoms with Crippen molar-refractivity contribution in [3.8, 4) is 5.75 Å². The van der Waals surface area contributed by atoms with Crippen molar-refractivity contribution in [1.29, 1.82) is 0 Å². The van der Waals surface area contributed by atoms with Gasteiger partial charge in [0, 0.05) is 19.5 Å². The van der Waals surface area contributed by atoms with Crippen molar-refractivity contribution in [2.24, 2.45) is 5.41 Å². The summed E-state index contributed by atoms with van der Waals surface area (Å²) in [6.07, 6.45) is 4.59. The average Bonchev–Trinajstić information content (AvgIpc) is 3.09. The molecule has 0 amide bonds. The number of anilines is 1. The Balaban J connectivity index is 1.56. The summed E-state index contributed by atoms with van der Waals surface area (Å²) >= 11 is 0. The van der Waals surface area contributed by atoms with Crippen molar-refractivity contribution in [2.45, 2.75) is 46.0 Å². The lowest BCUT2D eigenvalue weighted by molar-refractivity contribution is 0.397. The molecule has 0 atom stereocenters. The SMILES string of the molecule is COc1c(N2CCC(c3ccc(F)cc3)CC2)ncn2c(CC(C)(C)C)nnc12. The molecule has 3 aromatic rings.